The summed E-state index contributed by atoms with van der Waals surface area (Å²) in [5.74, 6) is 2.96. The summed E-state index contributed by atoms with van der Waals surface area (Å²) < 4.78 is 0. The lowest BCUT2D eigenvalue weighted by Gasteiger charge is -2.11. The van der Waals surface area contributed by atoms with Crippen LogP contribution >= 0.6 is 11.8 Å². The highest BCUT2D eigenvalue weighted by atomic mass is 32.2. The first kappa shape index (κ1) is 13.3. The number of aromatic nitrogens is 2. The normalized spacial score (nSPS) is 10.5. The predicted octanol–water partition coefficient (Wildman–Crippen LogP) is 3.42. The van der Waals surface area contributed by atoms with Crippen molar-refractivity contribution in [1.82, 2.24) is 9.97 Å². The number of anilines is 1. The molecule has 0 amide bonds. The maximum atomic E-state index is 4.49. The summed E-state index contributed by atoms with van der Waals surface area (Å²) in [7, 11) is 0. The van der Waals surface area contributed by atoms with Gasteiger partial charge in [0.2, 0.25) is 0 Å². The van der Waals surface area contributed by atoms with Gasteiger partial charge in [-0.1, -0.05) is 13.8 Å². The number of nitrogens with zero attached hydrogens (tertiary/aromatic N) is 2. The highest BCUT2D eigenvalue weighted by Gasteiger charge is 2.08. The minimum absolute atomic E-state index is 0.850. The number of thioether (sulfide) groups is 1. The molecular weight excluding hydrogens is 218 g/mol. The number of hydrogen-bond donors (Lipinski definition) is 1. The van der Waals surface area contributed by atoms with E-state index in [1.807, 2.05) is 18.7 Å². The summed E-state index contributed by atoms with van der Waals surface area (Å²) in [4.78, 5) is 8.93. The maximum Gasteiger partial charge on any atom is 0.133 e. The molecule has 1 rings (SSSR count). The molecule has 1 heterocycles. The van der Waals surface area contributed by atoms with Crippen molar-refractivity contribution < 1.29 is 0 Å². The zero-order valence-corrected chi connectivity index (χ0v) is 11.4. The predicted molar refractivity (Wildman–Crippen MR) is 71.3 cm³/mol. The molecule has 0 radical (unpaired) electrons. The van der Waals surface area contributed by atoms with Crippen LogP contribution in [-0.2, 0) is 0 Å². The fourth-order valence-electron chi connectivity index (χ4n) is 1.36. The summed E-state index contributed by atoms with van der Waals surface area (Å²) in [5, 5.41) is 4.47. The van der Waals surface area contributed by atoms with Gasteiger partial charge in [0, 0.05) is 12.1 Å². The molecule has 0 aliphatic rings. The van der Waals surface area contributed by atoms with Crippen LogP contribution in [0.15, 0.2) is 5.03 Å². The van der Waals surface area contributed by atoms with E-state index in [4.69, 9.17) is 0 Å². The second-order valence-electron chi connectivity index (χ2n) is 3.82. The second kappa shape index (κ2) is 6.74. The van der Waals surface area contributed by atoms with Gasteiger partial charge in [-0.05, 0) is 32.4 Å². The molecular formula is C12H21N3S. The fourth-order valence-corrected chi connectivity index (χ4v) is 2.26. The van der Waals surface area contributed by atoms with Crippen molar-refractivity contribution in [3.63, 3.8) is 0 Å². The van der Waals surface area contributed by atoms with Gasteiger partial charge in [0.05, 0.1) is 0 Å². The Bertz CT molecular complexity index is 310. The van der Waals surface area contributed by atoms with E-state index in [0.29, 0.717) is 0 Å². The zero-order valence-electron chi connectivity index (χ0n) is 10.6. The average molecular weight is 239 g/mol. The topological polar surface area (TPSA) is 37.8 Å². The molecule has 4 heteroatoms. The molecule has 0 atom stereocenters. The first-order chi connectivity index (χ1) is 7.69. The largest absolute Gasteiger partial charge is 0.370 e. The Morgan fingerprint density at radius 2 is 1.88 bits per heavy atom. The van der Waals surface area contributed by atoms with E-state index in [1.165, 1.54) is 12.0 Å². The van der Waals surface area contributed by atoms with E-state index in [2.05, 4.69) is 36.1 Å². The smallest absolute Gasteiger partial charge is 0.133 e. The van der Waals surface area contributed by atoms with Crippen LogP contribution in [0.25, 0.3) is 0 Å². The van der Waals surface area contributed by atoms with E-state index in [-0.39, 0.29) is 0 Å². The van der Waals surface area contributed by atoms with Crippen LogP contribution in [0.3, 0.4) is 0 Å². The average Bonchev–Trinajstić information content (AvgIpc) is 2.28. The SMILES string of the molecule is CCCNc1nc(C)nc(SCCC)c1C. The molecule has 0 spiro atoms. The quantitative estimate of drug-likeness (QED) is 0.610. The molecule has 0 aromatic carbocycles. The zero-order chi connectivity index (χ0) is 12.0. The molecule has 16 heavy (non-hydrogen) atoms. The van der Waals surface area contributed by atoms with Gasteiger partial charge in [-0.2, -0.15) is 0 Å². The van der Waals surface area contributed by atoms with Gasteiger partial charge in [-0.3, -0.25) is 0 Å². The Hall–Kier alpha value is -0.770. The minimum atomic E-state index is 0.850. The molecule has 0 bridgehead atoms. The summed E-state index contributed by atoms with van der Waals surface area (Å²) in [5.41, 5.74) is 1.18. The Labute approximate surface area is 102 Å². The highest BCUT2D eigenvalue weighted by Crippen LogP contribution is 2.25. The Kier molecular flexibility index (Phi) is 5.60. The molecule has 0 aliphatic heterocycles. The van der Waals surface area contributed by atoms with Gasteiger partial charge in [-0.25, -0.2) is 9.97 Å². The Morgan fingerprint density at radius 3 is 2.50 bits per heavy atom. The molecule has 90 valence electrons. The lowest BCUT2D eigenvalue weighted by molar-refractivity contribution is 0.907. The van der Waals surface area contributed by atoms with Gasteiger partial charge in [0.1, 0.15) is 16.7 Å². The summed E-state index contributed by atoms with van der Waals surface area (Å²) in [6, 6.07) is 0. The Balaban J connectivity index is 2.86. The molecule has 0 fully saturated rings. The van der Waals surface area contributed by atoms with Crippen molar-refractivity contribution in [1.29, 1.82) is 0 Å². The molecule has 0 unspecified atom stereocenters. The van der Waals surface area contributed by atoms with Gasteiger partial charge in [0.25, 0.3) is 0 Å². The van der Waals surface area contributed by atoms with Crippen LogP contribution in [0.2, 0.25) is 0 Å². The third-order valence-electron chi connectivity index (χ3n) is 2.20. The minimum Gasteiger partial charge on any atom is -0.370 e. The van der Waals surface area contributed by atoms with E-state index >= 15 is 0 Å². The molecule has 1 N–H and O–H groups in total. The third kappa shape index (κ3) is 3.67. The maximum absolute atomic E-state index is 4.49. The summed E-state index contributed by atoms with van der Waals surface area (Å²) in [6.07, 6.45) is 2.28. The van der Waals surface area contributed by atoms with Crippen molar-refractivity contribution in [2.45, 2.75) is 45.6 Å². The standard InChI is InChI=1S/C12H21N3S/c1-5-7-13-11-9(3)12(16-8-6-2)15-10(4)14-11/h5-8H2,1-4H3,(H,13,14,15). The van der Waals surface area contributed by atoms with Crippen LogP contribution in [-0.4, -0.2) is 22.3 Å². The molecule has 0 saturated heterocycles. The van der Waals surface area contributed by atoms with Crippen molar-refractivity contribution in [2.24, 2.45) is 0 Å². The number of nitrogens with one attached hydrogen (secondary N) is 1. The van der Waals surface area contributed by atoms with E-state index in [0.717, 1.165) is 35.4 Å². The van der Waals surface area contributed by atoms with Gasteiger partial charge in [-0.15, -0.1) is 11.8 Å². The number of aryl methyl sites for hydroxylation is 1. The molecule has 0 aliphatic carbocycles. The lowest BCUT2D eigenvalue weighted by atomic mass is 10.3. The molecule has 0 saturated carbocycles. The Morgan fingerprint density at radius 1 is 1.12 bits per heavy atom. The first-order valence-corrected chi connectivity index (χ1v) is 6.89. The number of rotatable bonds is 6. The molecule has 1 aromatic heterocycles. The number of hydrogen-bond acceptors (Lipinski definition) is 4. The molecule has 3 nitrogen and oxygen atoms in total. The summed E-state index contributed by atoms with van der Waals surface area (Å²) >= 11 is 1.82. The van der Waals surface area contributed by atoms with Crippen molar-refractivity contribution in [3.05, 3.63) is 11.4 Å². The summed E-state index contributed by atoms with van der Waals surface area (Å²) in [6.45, 7) is 9.35. The molecule has 1 aromatic rings. The highest BCUT2D eigenvalue weighted by molar-refractivity contribution is 7.99. The van der Waals surface area contributed by atoms with E-state index in [9.17, 15) is 0 Å². The second-order valence-corrected chi connectivity index (χ2v) is 4.91. The first-order valence-electron chi connectivity index (χ1n) is 5.90. The van der Waals surface area contributed by atoms with Crippen LogP contribution < -0.4 is 5.32 Å². The van der Waals surface area contributed by atoms with Crippen molar-refractivity contribution in [2.75, 3.05) is 17.6 Å². The van der Waals surface area contributed by atoms with Gasteiger partial charge in [0.15, 0.2) is 0 Å². The van der Waals surface area contributed by atoms with Gasteiger partial charge >= 0.3 is 0 Å². The van der Waals surface area contributed by atoms with Crippen LogP contribution in [0, 0.1) is 13.8 Å². The van der Waals surface area contributed by atoms with Crippen LogP contribution in [0.1, 0.15) is 38.1 Å². The monoisotopic (exact) mass is 239 g/mol. The third-order valence-corrected chi connectivity index (χ3v) is 3.48. The van der Waals surface area contributed by atoms with Crippen molar-refractivity contribution in [3.8, 4) is 0 Å². The van der Waals surface area contributed by atoms with Crippen LogP contribution in [0.5, 0.6) is 0 Å². The fraction of sp³-hybridized carbons (Fsp3) is 0.667. The lowest BCUT2D eigenvalue weighted by Crippen LogP contribution is -2.07. The van der Waals surface area contributed by atoms with Crippen molar-refractivity contribution >= 4 is 17.6 Å². The van der Waals surface area contributed by atoms with Crippen LogP contribution in [0.4, 0.5) is 5.82 Å². The van der Waals surface area contributed by atoms with E-state index in [1.54, 1.807) is 0 Å². The van der Waals surface area contributed by atoms with Gasteiger partial charge < -0.3 is 5.32 Å². The van der Waals surface area contributed by atoms with E-state index < -0.39 is 0 Å².